The van der Waals surface area contributed by atoms with Gasteiger partial charge in [0.25, 0.3) is 0 Å². The number of fused-ring (bicyclic) bond motifs is 3. The molecule has 2 aliphatic carbocycles. The Labute approximate surface area is 190 Å². The highest BCUT2D eigenvalue weighted by molar-refractivity contribution is 5.95. The van der Waals surface area contributed by atoms with Gasteiger partial charge in [-0.25, -0.2) is 13.9 Å². The number of nitrogens with zero attached hydrogens (tertiary/aromatic N) is 3. The summed E-state index contributed by atoms with van der Waals surface area (Å²) >= 11 is 0. The van der Waals surface area contributed by atoms with Crippen LogP contribution in [0.15, 0.2) is 42.6 Å². The SMILES string of the molecule is C=C1C(=O)O[C@@H]2[C@H]1CC[C@H](C)[C@]1(O)[C@@H](n3cc(CNc4ccc(F)cc4)nn3)CC(=O)[C@@]21C. The Hall–Kier alpha value is -3.07. The summed E-state index contributed by atoms with van der Waals surface area (Å²) in [6, 6.07) is 5.35. The quantitative estimate of drug-likeness (QED) is 0.540. The van der Waals surface area contributed by atoms with Crippen molar-refractivity contribution in [3.63, 3.8) is 0 Å². The van der Waals surface area contributed by atoms with Gasteiger partial charge in [-0.1, -0.05) is 18.7 Å². The van der Waals surface area contributed by atoms with Gasteiger partial charge in [-0.2, -0.15) is 0 Å². The number of carbonyl (C=O) groups is 2. The van der Waals surface area contributed by atoms with Crippen LogP contribution in [0.3, 0.4) is 0 Å². The maximum absolute atomic E-state index is 13.4. The Kier molecular flexibility index (Phi) is 4.93. The van der Waals surface area contributed by atoms with Gasteiger partial charge in [0.1, 0.15) is 29.0 Å². The number of Topliss-reactive ketones (excluding diaryl/α,β-unsaturated/α-hetero) is 1. The first-order valence-corrected chi connectivity index (χ1v) is 11.2. The van der Waals surface area contributed by atoms with Crippen LogP contribution in [0.4, 0.5) is 10.1 Å². The fourth-order valence-corrected chi connectivity index (χ4v) is 6.04. The van der Waals surface area contributed by atoms with Crippen molar-refractivity contribution in [1.29, 1.82) is 0 Å². The number of hydrogen-bond acceptors (Lipinski definition) is 7. The van der Waals surface area contributed by atoms with Crippen molar-refractivity contribution >= 4 is 17.4 Å². The third-order valence-electron chi connectivity index (χ3n) is 8.03. The number of aliphatic hydroxyl groups is 1. The maximum atomic E-state index is 13.4. The minimum Gasteiger partial charge on any atom is -0.457 e. The van der Waals surface area contributed by atoms with E-state index in [0.717, 1.165) is 5.69 Å². The summed E-state index contributed by atoms with van der Waals surface area (Å²) in [6.07, 6.45) is 2.29. The lowest BCUT2D eigenvalue weighted by atomic mass is 9.64. The van der Waals surface area contributed by atoms with Crippen LogP contribution in [0.25, 0.3) is 0 Å². The van der Waals surface area contributed by atoms with Gasteiger partial charge in [0, 0.05) is 23.6 Å². The summed E-state index contributed by atoms with van der Waals surface area (Å²) in [4.78, 5) is 25.7. The molecule has 0 amide bonds. The largest absolute Gasteiger partial charge is 0.457 e. The third kappa shape index (κ3) is 3.05. The molecule has 0 radical (unpaired) electrons. The smallest absolute Gasteiger partial charge is 0.334 e. The normalized spacial score (nSPS) is 35.7. The van der Waals surface area contributed by atoms with Crippen molar-refractivity contribution in [2.45, 2.75) is 57.4 Å². The molecule has 0 bridgehead atoms. The molecule has 0 spiro atoms. The molecule has 3 fully saturated rings. The van der Waals surface area contributed by atoms with Gasteiger partial charge in [-0.3, -0.25) is 4.79 Å². The zero-order chi connectivity index (χ0) is 23.5. The fourth-order valence-electron chi connectivity index (χ4n) is 6.04. The Morgan fingerprint density at radius 2 is 2.03 bits per heavy atom. The van der Waals surface area contributed by atoms with E-state index in [9.17, 15) is 19.1 Å². The topological polar surface area (TPSA) is 106 Å². The van der Waals surface area contributed by atoms with Crippen molar-refractivity contribution in [3.05, 3.63) is 54.1 Å². The number of nitrogens with one attached hydrogen (secondary N) is 1. The van der Waals surface area contributed by atoms with Crippen molar-refractivity contribution in [1.82, 2.24) is 15.0 Å². The van der Waals surface area contributed by atoms with Crippen LogP contribution >= 0.6 is 0 Å². The van der Waals surface area contributed by atoms with E-state index in [-0.39, 0.29) is 29.9 Å². The molecule has 2 heterocycles. The zero-order valence-corrected chi connectivity index (χ0v) is 18.6. The summed E-state index contributed by atoms with van der Waals surface area (Å²) in [5.41, 5.74) is -1.01. The van der Waals surface area contributed by atoms with E-state index < -0.39 is 29.1 Å². The van der Waals surface area contributed by atoms with Gasteiger partial charge in [0.05, 0.1) is 24.2 Å². The van der Waals surface area contributed by atoms with Crippen LogP contribution in [0, 0.1) is 23.1 Å². The molecule has 6 atom stereocenters. The van der Waals surface area contributed by atoms with Gasteiger partial charge < -0.3 is 15.2 Å². The van der Waals surface area contributed by atoms with E-state index in [0.29, 0.717) is 30.7 Å². The molecule has 2 N–H and O–H groups in total. The van der Waals surface area contributed by atoms with Crippen molar-refractivity contribution in [2.75, 3.05) is 5.32 Å². The number of benzene rings is 1. The lowest BCUT2D eigenvalue weighted by molar-refractivity contribution is -0.178. The molecule has 174 valence electrons. The van der Waals surface area contributed by atoms with Crippen LogP contribution in [0.1, 0.15) is 44.8 Å². The fraction of sp³-hybridized carbons (Fsp3) is 0.500. The van der Waals surface area contributed by atoms with Gasteiger partial charge >= 0.3 is 5.97 Å². The molecule has 1 aromatic heterocycles. The number of esters is 1. The first-order chi connectivity index (χ1) is 15.7. The molecule has 9 heteroatoms. The molecule has 8 nitrogen and oxygen atoms in total. The molecule has 1 aromatic carbocycles. The summed E-state index contributed by atoms with van der Waals surface area (Å²) in [6.45, 7) is 7.89. The molecular weight excluding hydrogens is 427 g/mol. The Morgan fingerprint density at radius 1 is 1.30 bits per heavy atom. The average Bonchev–Trinajstić information content (AvgIpc) is 3.42. The lowest BCUT2D eigenvalue weighted by Crippen LogP contribution is -2.59. The summed E-state index contributed by atoms with van der Waals surface area (Å²) in [5.74, 6) is -1.48. The number of rotatable bonds is 4. The van der Waals surface area contributed by atoms with Crippen LogP contribution in [0.2, 0.25) is 0 Å². The number of ether oxygens (including phenoxy) is 1. The lowest BCUT2D eigenvalue weighted by Gasteiger charge is -2.46. The molecule has 1 aliphatic heterocycles. The molecule has 2 saturated carbocycles. The van der Waals surface area contributed by atoms with E-state index in [1.165, 1.54) is 12.1 Å². The average molecular weight is 455 g/mol. The highest BCUT2D eigenvalue weighted by atomic mass is 19.1. The molecule has 3 aliphatic rings. The Balaban J connectivity index is 1.44. The second kappa shape index (κ2) is 7.48. The summed E-state index contributed by atoms with van der Waals surface area (Å²) in [7, 11) is 0. The van der Waals surface area contributed by atoms with Gasteiger partial charge in [-0.15, -0.1) is 5.10 Å². The van der Waals surface area contributed by atoms with Gasteiger partial charge in [0.15, 0.2) is 0 Å². The first-order valence-electron chi connectivity index (χ1n) is 11.2. The minimum atomic E-state index is -1.47. The second-order valence-electron chi connectivity index (χ2n) is 9.66. The number of halogens is 1. The molecule has 2 aromatic rings. The summed E-state index contributed by atoms with van der Waals surface area (Å²) < 4.78 is 20.3. The van der Waals surface area contributed by atoms with E-state index in [2.05, 4.69) is 22.2 Å². The van der Waals surface area contributed by atoms with Crippen LogP contribution in [-0.4, -0.2) is 43.6 Å². The predicted octanol–water partition coefficient (Wildman–Crippen LogP) is 2.81. The maximum Gasteiger partial charge on any atom is 0.334 e. The third-order valence-corrected chi connectivity index (χ3v) is 8.03. The Bertz CT molecular complexity index is 1130. The minimum absolute atomic E-state index is 0.0682. The number of ketones is 1. The van der Waals surface area contributed by atoms with Gasteiger partial charge in [-0.05, 0) is 49.9 Å². The number of anilines is 1. The Morgan fingerprint density at radius 3 is 2.76 bits per heavy atom. The highest BCUT2D eigenvalue weighted by Gasteiger charge is 2.72. The van der Waals surface area contributed by atoms with Crippen LogP contribution in [0.5, 0.6) is 0 Å². The number of aromatic nitrogens is 3. The molecule has 0 unspecified atom stereocenters. The monoisotopic (exact) mass is 454 g/mol. The standard InChI is InChI=1S/C24H27FN4O4/c1-13-4-9-18-14(2)22(31)33-21(18)23(3)20(30)10-19(24(13,23)32)29-12-17(27-28-29)11-26-16-7-5-15(25)6-8-16/h5-8,12-13,18-19,21,26,32H,2,4,9-11H2,1,3H3/t13-,18-,19-,21+,23-,24-/m0/s1. The highest BCUT2D eigenvalue weighted by Crippen LogP contribution is 2.61. The number of carbonyl (C=O) groups excluding carboxylic acids is 2. The van der Waals surface area contributed by atoms with Crippen LogP contribution < -0.4 is 5.32 Å². The summed E-state index contributed by atoms with van der Waals surface area (Å²) in [5, 5.41) is 23.8. The van der Waals surface area contributed by atoms with Crippen molar-refractivity contribution < 1.29 is 23.8 Å². The van der Waals surface area contributed by atoms with E-state index >= 15 is 0 Å². The second-order valence-corrected chi connectivity index (χ2v) is 9.66. The van der Waals surface area contributed by atoms with Crippen LogP contribution in [-0.2, 0) is 20.9 Å². The zero-order valence-electron chi connectivity index (χ0n) is 18.6. The van der Waals surface area contributed by atoms with Gasteiger partial charge in [0.2, 0.25) is 0 Å². The first kappa shape index (κ1) is 21.8. The van der Waals surface area contributed by atoms with Crippen molar-refractivity contribution in [3.8, 4) is 0 Å². The molecule has 5 rings (SSSR count). The molecule has 1 saturated heterocycles. The van der Waals surface area contributed by atoms with E-state index in [4.69, 9.17) is 4.74 Å². The molecule has 33 heavy (non-hydrogen) atoms. The number of hydrogen-bond donors (Lipinski definition) is 2. The van der Waals surface area contributed by atoms with Crippen molar-refractivity contribution in [2.24, 2.45) is 17.3 Å². The predicted molar refractivity (Wildman–Crippen MR) is 116 cm³/mol. The van der Waals surface area contributed by atoms with E-state index in [1.54, 1.807) is 29.9 Å². The van der Waals surface area contributed by atoms with E-state index in [1.807, 2.05) is 6.92 Å². The molecular formula is C24H27FN4O4.